The number of hydrogen-bond donors (Lipinski definition) is 2. The van der Waals surface area contributed by atoms with E-state index < -0.39 is 5.91 Å². The van der Waals surface area contributed by atoms with E-state index in [1.807, 2.05) is 6.07 Å². The Morgan fingerprint density at radius 2 is 2.08 bits per heavy atom. The zero-order chi connectivity index (χ0) is 18.2. The Morgan fingerprint density at radius 3 is 2.68 bits per heavy atom. The molecule has 0 aliphatic heterocycles. The highest BCUT2D eigenvalue weighted by Gasteiger charge is 2.19. The number of rotatable bonds is 7. The molecule has 0 heterocycles. The molecule has 1 aromatic carbocycles. The van der Waals surface area contributed by atoms with Crippen molar-refractivity contribution in [1.82, 2.24) is 5.32 Å². The van der Waals surface area contributed by atoms with Gasteiger partial charge in [-0.2, -0.15) is 5.26 Å². The second-order valence-electron chi connectivity index (χ2n) is 5.79. The molecule has 0 atom stereocenters. The lowest BCUT2D eigenvalue weighted by molar-refractivity contribution is -0.120. The van der Waals surface area contributed by atoms with Crippen molar-refractivity contribution in [3.63, 3.8) is 0 Å². The Hall–Kier alpha value is -3.01. The molecule has 2 amide bonds. The number of methoxy groups -OCH3 is 1. The first-order valence-electron chi connectivity index (χ1n) is 8.05. The van der Waals surface area contributed by atoms with Gasteiger partial charge in [0.05, 0.1) is 7.11 Å². The van der Waals surface area contributed by atoms with E-state index in [0.29, 0.717) is 17.1 Å². The summed E-state index contributed by atoms with van der Waals surface area (Å²) in [5.41, 5.74) is 5.69. The summed E-state index contributed by atoms with van der Waals surface area (Å²) in [6, 6.07) is 6.96. The molecular weight excluding hydrogens is 322 g/mol. The van der Waals surface area contributed by atoms with Gasteiger partial charge in [-0.15, -0.1) is 0 Å². The predicted molar refractivity (Wildman–Crippen MR) is 91.7 cm³/mol. The van der Waals surface area contributed by atoms with E-state index >= 15 is 0 Å². The maximum absolute atomic E-state index is 12.2. The van der Waals surface area contributed by atoms with Gasteiger partial charge in [0.2, 0.25) is 0 Å². The van der Waals surface area contributed by atoms with Crippen LogP contribution in [0.1, 0.15) is 31.2 Å². The molecule has 1 aromatic rings. The van der Waals surface area contributed by atoms with Crippen LogP contribution in [0.25, 0.3) is 6.08 Å². The van der Waals surface area contributed by atoms with E-state index in [9.17, 15) is 14.9 Å². The molecule has 1 aliphatic carbocycles. The lowest BCUT2D eigenvalue weighted by atomic mass is 10.1. The Morgan fingerprint density at radius 1 is 1.36 bits per heavy atom. The highest BCUT2D eigenvalue weighted by molar-refractivity contribution is 6.01. The van der Waals surface area contributed by atoms with E-state index in [-0.39, 0.29) is 24.1 Å². The van der Waals surface area contributed by atoms with Crippen LogP contribution in [0.15, 0.2) is 23.8 Å². The fourth-order valence-corrected chi connectivity index (χ4v) is 2.69. The van der Waals surface area contributed by atoms with Crippen LogP contribution < -0.4 is 20.5 Å². The van der Waals surface area contributed by atoms with Crippen molar-refractivity contribution in [1.29, 1.82) is 5.26 Å². The van der Waals surface area contributed by atoms with Gasteiger partial charge in [-0.25, -0.2) is 0 Å². The number of nitrogens with two attached hydrogens (primary N) is 1. The highest BCUT2D eigenvalue weighted by atomic mass is 16.5. The van der Waals surface area contributed by atoms with E-state index in [0.717, 1.165) is 25.7 Å². The molecule has 1 aliphatic rings. The van der Waals surface area contributed by atoms with Crippen LogP contribution in [0.2, 0.25) is 0 Å². The third-order valence-electron chi connectivity index (χ3n) is 3.92. The maximum atomic E-state index is 12.2. The fourth-order valence-electron chi connectivity index (χ4n) is 2.69. The normalized spacial score (nSPS) is 14.6. The third kappa shape index (κ3) is 5.24. The van der Waals surface area contributed by atoms with Gasteiger partial charge in [-0.05, 0) is 36.6 Å². The molecule has 1 fully saturated rings. The monoisotopic (exact) mass is 343 g/mol. The van der Waals surface area contributed by atoms with Gasteiger partial charge in [-0.3, -0.25) is 9.59 Å². The number of hydrogen-bond acceptors (Lipinski definition) is 5. The zero-order valence-electron chi connectivity index (χ0n) is 14.1. The molecule has 0 saturated heterocycles. The Labute approximate surface area is 146 Å². The number of carbonyl (C=O) groups excluding carboxylic acids is 2. The Balaban J connectivity index is 2.14. The van der Waals surface area contributed by atoms with Gasteiger partial charge < -0.3 is 20.5 Å². The van der Waals surface area contributed by atoms with Crippen LogP contribution in [-0.2, 0) is 9.59 Å². The first kappa shape index (κ1) is 18.3. The second-order valence-corrected chi connectivity index (χ2v) is 5.79. The van der Waals surface area contributed by atoms with E-state index in [1.165, 1.54) is 13.2 Å². The van der Waals surface area contributed by atoms with Crippen LogP contribution in [-0.4, -0.2) is 31.6 Å². The van der Waals surface area contributed by atoms with Crippen LogP contribution in [0, 0.1) is 11.3 Å². The summed E-state index contributed by atoms with van der Waals surface area (Å²) in [6.45, 7) is -0.265. The molecule has 132 valence electrons. The first-order chi connectivity index (χ1) is 12.0. The molecule has 7 heteroatoms. The standard InChI is InChI=1S/C18H21N3O4/c1-24-16-9-12(6-7-15(16)25-11-17(20)22)8-13(10-19)18(23)21-14-4-2-3-5-14/h6-9,14H,2-5,11H2,1H3,(H2,20,22)(H,21,23). The molecule has 0 aromatic heterocycles. The topological polar surface area (TPSA) is 114 Å². The number of nitrogens with zero attached hydrogens (tertiary/aromatic N) is 1. The van der Waals surface area contributed by atoms with Crippen LogP contribution in [0.4, 0.5) is 0 Å². The van der Waals surface area contributed by atoms with Gasteiger partial charge in [-0.1, -0.05) is 18.9 Å². The smallest absolute Gasteiger partial charge is 0.262 e. The lowest BCUT2D eigenvalue weighted by Crippen LogP contribution is -2.33. The summed E-state index contributed by atoms with van der Waals surface area (Å²) < 4.78 is 10.5. The maximum Gasteiger partial charge on any atom is 0.262 e. The van der Waals surface area contributed by atoms with E-state index in [2.05, 4.69) is 5.32 Å². The Bertz CT molecular complexity index is 716. The van der Waals surface area contributed by atoms with Crippen molar-refractivity contribution in [3.8, 4) is 17.6 Å². The lowest BCUT2D eigenvalue weighted by Gasteiger charge is -2.12. The minimum Gasteiger partial charge on any atom is -0.493 e. The second kappa shape index (κ2) is 8.73. The van der Waals surface area contributed by atoms with Crippen LogP contribution in [0.5, 0.6) is 11.5 Å². The van der Waals surface area contributed by atoms with Crippen LogP contribution >= 0.6 is 0 Å². The van der Waals surface area contributed by atoms with Gasteiger partial charge in [0, 0.05) is 6.04 Å². The molecule has 0 bridgehead atoms. The summed E-state index contributed by atoms with van der Waals surface area (Å²) in [5.74, 6) is -0.236. The molecular formula is C18H21N3O4. The van der Waals surface area contributed by atoms with Crippen molar-refractivity contribution in [2.45, 2.75) is 31.7 Å². The number of ether oxygens (including phenoxy) is 2. The summed E-state index contributed by atoms with van der Waals surface area (Å²) in [7, 11) is 1.46. The van der Waals surface area contributed by atoms with Crippen molar-refractivity contribution >= 4 is 17.9 Å². The van der Waals surface area contributed by atoms with Gasteiger partial charge in [0.25, 0.3) is 11.8 Å². The van der Waals surface area contributed by atoms with Gasteiger partial charge in [0.1, 0.15) is 11.6 Å². The molecule has 0 unspecified atom stereocenters. The number of amides is 2. The number of primary amides is 1. The SMILES string of the molecule is COc1cc(C=C(C#N)C(=O)NC2CCCC2)ccc1OCC(N)=O. The summed E-state index contributed by atoms with van der Waals surface area (Å²) in [5, 5.41) is 12.2. The average Bonchev–Trinajstić information content (AvgIpc) is 3.10. The van der Waals surface area contributed by atoms with Crippen molar-refractivity contribution < 1.29 is 19.1 Å². The zero-order valence-corrected chi connectivity index (χ0v) is 14.1. The highest BCUT2D eigenvalue weighted by Crippen LogP contribution is 2.29. The van der Waals surface area contributed by atoms with Crippen LogP contribution in [0.3, 0.4) is 0 Å². The first-order valence-corrected chi connectivity index (χ1v) is 8.05. The van der Waals surface area contributed by atoms with Crippen molar-refractivity contribution in [2.24, 2.45) is 5.73 Å². The van der Waals surface area contributed by atoms with Crippen molar-refractivity contribution in [2.75, 3.05) is 13.7 Å². The molecule has 1 saturated carbocycles. The molecule has 3 N–H and O–H groups in total. The molecule has 2 rings (SSSR count). The number of benzene rings is 1. The minimum absolute atomic E-state index is 0.0276. The summed E-state index contributed by atoms with van der Waals surface area (Å²) in [6.07, 6.45) is 5.58. The third-order valence-corrected chi connectivity index (χ3v) is 3.92. The average molecular weight is 343 g/mol. The molecule has 0 radical (unpaired) electrons. The largest absolute Gasteiger partial charge is 0.493 e. The predicted octanol–water partition coefficient (Wildman–Crippen LogP) is 1.53. The summed E-state index contributed by atoms with van der Waals surface area (Å²) in [4.78, 5) is 23.0. The number of nitriles is 1. The van der Waals surface area contributed by atoms with Gasteiger partial charge in [0.15, 0.2) is 18.1 Å². The number of nitrogens with one attached hydrogen (secondary N) is 1. The molecule has 25 heavy (non-hydrogen) atoms. The van der Waals surface area contributed by atoms with Gasteiger partial charge >= 0.3 is 0 Å². The molecule has 0 spiro atoms. The molecule has 7 nitrogen and oxygen atoms in total. The van der Waals surface area contributed by atoms with E-state index in [1.54, 1.807) is 18.2 Å². The fraction of sp³-hybridized carbons (Fsp3) is 0.389. The number of carbonyl (C=O) groups is 2. The quantitative estimate of drug-likeness (QED) is 0.575. The minimum atomic E-state index is -0.596. The Kier molecular flexibility index (Phi) is 6.40. The van der Waals surface area contributed by atoms with E-state index in [4.69, 9.17) is 15.2 Å². The van der Waals surface area contributed by atoms with Crippen molar-refractivity contribution in [3.05, 3.63) is 29.3 Å². The summed E-state index contributed by atoms with van der Waals surface area (Å²) >= 11 is 0.